The minimum atomic E-state index is -1.12. The first-order chi connectivity index (χ1) is 25.6. The van der Waals surface area contributed by atoms with E-state index >= 15 is 0 Å². The molecule has 1 fully saturated rings. The Kier molecular flexibility index (Phi) is 11.0. The summed E-state index contributed by atoms with van der Waals surface area (Å²) in [5.74, 6) is -3.68. The van der Waals surface area contributed by atoms with Crippen molar-refractivity contribution in [2.75, 3.05) is 12.4 Å². The molecule has 2 aliphatic rings. The topological polar surface area (TPSA) is 184 Å². The summed E-state index contributed by atoms with van der Waals surface area (Å²) in [6.45, 7) is 0.972. The number of fused-ring (bicyclic) bond motifs is 1. The van der Waals surface area contributed by atoms with E-state index in [4.69, 9.17) is 14.3 Å². The second-order valence-corrected chi connectivity index (χ2v) is 12.8. The van der Waals surface area contributed by atoms with Crippen LogP contribution < -0.4 is 5.32 Å². The highest BCUT2D eigenvalue weighted by atomic mass is 32.2. The van der Waals surface area contributed by atoms with Gasteiger partial charge in [-0.2, -0.15) is 0 Å². The molecule has 268 valence electrons. The van der Waals surface area contributed by atoms with Crippen molar-refractivity contribution < 1.29 is 43.2 Å². The van der Waals surface area contributed by atoms with Crippen LogP contribution in [-0.2, 0) is 33.5 Å². The third-order valence-electron chi connectivity index (χ3n) is 8.20. The number of β-lactam (4-membered cyclic amide) rings is 1. The number of non-ortho nitro benzene ring substituents is 1. The Balaban J connectivity index is 1.24. The minimum absolute atomic E-state index is 0.0480. The van der Waals surface area contributed by atoms with E-state index in [0.29, 0.717) is 16.7 Å². The molecular weight excluding hydrogens is 705 g/mol. The van der Waals surface area contributed by atoms with Gasteiger partial charge in [0, 0.05) is 35.9 Å². The van der Waals surface area contributed by atoms with Crippen LogP contribution in [0.3, 0.4) is 0 Å². The van der Waals surface area contributed by atoms with Crippen LogP contribution in [0.2, 0.25) is 0 Å². The van der Waals surface area contributed by atoms with Crippen molar-refractivity contribution in [2.45, 2.75) is 24.4 Å². The average molecular weight is 735 g/mol. The van der Waals surface area contributed by atoms with Gasteiger partial charge in [0.15, 0.2) is 11.8 Å². The van der Waals surface area contributed by atoms with Gasteiger partial charge in [-0.1, -0.05) is 96.2 Å². The molecule has 1 N–H and O–H groups in total. The summed E-state index contributed by atoms with van der Waals surface area (Å²) in [6.07, 6.45) is -0.828. The number of rotatable bonds is 12. The van der Waals surface area contributed by atoms with E-state index in [0.717, 1.165) is 12.1 Å². The number of amides is 2. The molecule has 4 aromatic carbocycles. The molecule has 0 unspecified atom stereocenters. The number of hydrogen-bond donors (Lipinski definition) is 1. The molecule has 0 aromatic heterocycles. The SMILES string of the molecule is CC(=O)OCC1=C(C(=O)OC(c2ccccc2)c2ccccc2)N2C(=O)[C@@H](NC(=O)C(=NOC(=O)c3ccc([N+](=O)[O-])cc3)c3ccccc3)[C@H]2SC1. The normalized spacial score (nSPS) is 16.6. The maximum Gasteiger partial charge on any atom is 0.365 e. The smallest absolute Gasteiger partial charge is 0.365 e. The highest BCUT2D eigenvalue weighted by Gasteiger charge is 2.55. The second kappa shape index (κ2) is 16.2. The summed E-state index contributed by atoms with van der Waals surface area (Å²) in [7, 11) is 0. The molecule has 2 amide bonds. The van der Waals surface area contributed by atoms with Crippen LogP contribution >= 0.6 is 11.8 Å². The summed E-state index contributed by atoms with van der Waals surface area (Å²) >= 11 is 1.25. The van der Waals surface area contributed by atoms with Gasteiger partial charge in [-0.25, -0.2) is 9.59 Å². The van der Waals surface area contributed by atoms with Crippen molar-refractivity contribution in [2.24, 2.45) is 5.16 Å². The molecule has 0 saturated carbocycles. The lowest BCUT2D eigenvalue weighted by atomic mass is 10.0. The fraction of sp³-hybridized carbons (Fsp3) is 0.158. The quantitative estimate of drug-likeness (QED) is 0.0531. The van der Waals surface area contributed by atoms with Gasteiger partial charge in [-0.15, -0.1) is 11.8 Å². The van der Waals surface area contributed by atoms with E-state index in [1.165, 1.54) is 35.7 Å². The molecule has 53 heavy (non-hydrogen) atoms. The van der Waals surface area contributed by atoms with E-state index in [-0.39, 0.29) is 40.6 Å². The van der Waals surface area contributed by atoms with Crippen LogP contribution in [0.15, 0.2) is 132 Å². The third kappa shape index (κ3) is 8.15. The molecule has 2 aliphatic heterocycles. The lowest BCUT2D eigenvalue weighted by Gasteiger charge is -2.49. The fourth-order valence-electron chi connectivity index (χ4n) is 5.61. The molecule has 0 aliphatic carbocycles. The van der Waals surface area contributed by atoms with Crippen LogP contribution in [0.5, 0.6) is 0 Å². The standard InChI is InChI=1S/C38H30N4O10S/c1-23(43)50-21-28-22-53-36-31(35(45)41(36)32(28)38(47)51-33(25-13-7-3-8-14-25)26-15-9-4-10-16-26)39-34(44)30(24-11-5-2-6-12-24)40-52-37(46)27-17-19-29(20-18-27)42(48)49/h2-20,31,33,36H,21-22H2,1H3,(H,39,44)/t31-,36-/m1/s1. The molecular formula is C38H30N4O10S. The Bertz CT molecular complexity index is 2070. The van der Waals surface area contributed by atoms with Gasteiger partial charge in [-0.05, 0) is 23.3 Å². The average Bonchev–Trinajstić information content (AvgIpc) is 3.18. The fourth-order valence-corrected chi connectivity index (χ4v) is 6.94. The number of benzene rings is 4. The second-order valence-electron chi connectivity index (χ2n) is 11.7. The summed E-state index contributed by atoms with van der Waals surface area (Å²) in [5.41, 5.74) is 1.31. The lowest BCUT2D eigenvalue weighted by molar-refractivity contribution is -0.384. The number of carbonyl (C=O) groups is 5. The van der Waals surface area contributed by atoms with Crippen LogP contribution in [0.1, 0.15) is 40.1 Å². The van der Waals surface area contributed by atoms with Crippen molar-refractivity contribution in [1.82, 2.24) is 10.2 Å². The van der Waals surface area contributed by atoms with Gasteiger partial charge in [0.2, 0.25) is 0 Å². The number of nitrogens with zero attached hydrogens (tertiary/aromatic N) is 3. The first-order valence-electron chi connectivity index (χ1n) is 16.1. The predicted molar refractivity (Wildman–Crippen MR) is 191 cm³/mol. The molecule has 4 aromatic rings. The zero-order chi connectivity index (χ0) is 37.5. The molecule has 0 spiro atoms. The number of nitro groups is 1. The van der Waals surface area contributed by atoms with Crippen LogP contribution in [0.4, 0.5) is 5.69 Å². The van der Waals surface area contributed by atoms with E-state index in [9.17, 15) is 34.1 Å². The molecule has 15 heteroatoms. The zero-order valence-corrected chi connectivity index (χ0v) is 28.8. The van der Waals surface area contributed by atoms with Crippen LogP contribution in [-0.4, -0.2) is 69.0 Å². The molecule has 0 radical (unpaired) electrons. The number of esters is 2. The minimum Gasteiger partial charge on any atom is -0.461 e. The Morgan fingerprint density at radius 1 is 0.868 bits per heavy atom. The Labute approximate surface area is 306 Å². The maximum absolute atomic E-state index is 14.1. The van der Waals surface area contributed by atoms with Crippen LogP contribution in [0.25, 0.3) is 0 Å². The van der Waals surface area contributed by atoms with Crippen molar-refractivity contribution in [3.8, 4) is 0 Å². The van der Waals surface area contributed by atoms with Gasteiger partial charge in [0.1, 0.15) is 23.7 Å². The zero-order valence-electron chi connectivity index (χ0n) is 27.9. The number of carbonyl (C=O) groups excluding carboxylic acids is 5. The highest BCUT2D eigenvalue weighted by molar-refractivity contribution is 8.00. The van der Waals surface area contributed by atoms with Crippen molar-refractivity contribution in [3.63, 3.8) is 0 Å². The first kappa shape index (κ1) is 36.2. The number of oxime groups is 1. The summed E-state index contributed by atoms with van der Waals surface area (Å²) < 4.78 is 11.3. The van der Waals surface area contributed by atoms with Gasteiger partial charge in [0.25, 0.3) is 17.5 Å². The number of ether oxygens (including phenoxy) is 2. The molecule has 0 bridgehead atoms. The number of nitrogens with one attached hydrogen (secondary N) is 1. The summed E-state index contributed by atoms with van der Waals surface area (Å²) in [4.78, 5) is 82.7. The number of hydrogen-bond acceptors (Lipinski definition) is 12. The molecule has 2 atom stereocenters. The Morgan fingerprint density at radius 2 is 1.45 bits per heavy atom. The highest BCUT2D eigenvalue weighted by Crippen LogP contribution is 2.42. The maximum atomic E-state index is 14.1. The van der Waals surface area contributed by atoms with E-state index in [1.54, 1.807) is 30.3 Å². The van der Waals surface area contributed by atoms with Gasteiger partial charge < -0.3 is 19.6 Å². The van der Waals surface area contributed by atoms with Gasteiger partial charge in [0.05, 0.1) is 10.5 Å². The number of thioether (sulfide) groups is 1. The monoisotopic (exact) mass is 734 g/mol. The Morgan fingerprint density at radius 3 is 2.02 bits per heavy atom. The van der Waals surface area contributed by atoms with E-state index in [2.05, 4.69) is 10.5 Å². The van der Waals surface area contributed by atoms with Crippen molar-refractivity contribution >= 4 is 52.9 Å². The van der Waals surface area contributed by atoms with Gasteiger partial charge in [-0.3, -0.25) is 29.4 Å². The van der Waals surface area contributed by atoms with E-state index < -0.39 is 52.2 Å². The van der Waals surface area contributed by atoms with E-state index in [1.807, 2.05) is 60.7 Å². The largest absolute Gasteiger partial charge is 0.461 e. The molecule has 2 heterocycles. The van der Waals surface area contributed by atoms with Crippen LogP contribution in [0, 0.1) is 10.1 Å². The first-order valence-corrected chi connectivity index (χ1v) is 17.2. The van der Waals surface area contributed by atoms with Crippen molar-refractivity contribution in [3.05, 3.63) is 159 Å². The molecule has 1 saturated heterocycles. The summed E-state index contributed by atoms with van der Waals surface area (Å²) in [5, 5.41) is 16.7. The van der Waals surface area contributed by atoms with Gasteiger partial charge >= 0.3 is 17.9 Å². The molecule has 6 rings (SSSR count). The number of nitro benzene ring substituents is 1. The summed E-state index contributed by atoms with van der Waals surface area (Å²) in [6, 6.07) is 29.8. The molecule has 14 nitrogen and oxygen atoms in total. The Hall–Kier alpha value is -6.61. The third-order valence-corrected chi connectivity index (χ3v) is 9.54. The predicted octanol–water partition coefficient (Wildman–Crippen LogP) is 4.71. The van der Waals surface area contributed by atoms with Crippen molar-refractivity contribution in [1.29, 1.82) is 0 Å². The lowest BCUT2D eigenvalue weighted by Crippen LogP contribution is -2.71.